The van der Waals surface area contributed by atoms with Crippen LogP contribution in [0.5, 0.6) is 0 Å². The van der Waals surface area contributed by atoms with E-state index in [9.17, 15) is 4.79 Å². The van der Waals surface area contributed by atoms with E-state index in [1.807, 2.05) is 6.07 Å². The zero-order valence-corrected chi connectivity index (χ0v) is 10.3. The highest BCUT2D eigenvalue weighted by atomic mass is 16.5. The van der Waals surface area contributed by atoms with Gasteiger partial charge in [-0.2, -0.15) is 0 Å². The predicted molar refractivity (Wildman–Crippen MR) is 66.2 cm³/mol. The third-order valence-electron chi connectivity index (χ3n) is 2.88. The van der Waals surface area contributed by atoms with E-state index < -0.39 is 0 Å². The van der Waals surface area contributed by atoms with Crippen molar-refractivity contribution in [2.75, 3.05) is 18.1 Å². The Labute approximate surface area is 102 Å². The number of nitrogens with zero attached hydrogens (tertiary/aromatic N) is 2. The first kappa shape index (κ1) is 11.9. The molecule has 0 N–H and O–H groups in total. The number of carbonyl (C=O) groups is 1. The molecule has 0 amide bonds. The minimum Gasteiger partial charge on any atom is -0.462 e. The van der Waals surface area contributed by atoms with Gasteiger partial charge in [0.05, 0.1) is 12.2 Å². The van der Waals surface area contributed by atoms with Gasteiger partial charge in [0, 0.05) is 18.8 Å². The summed E-state index contributed by atoms with van der Waals surface area (Å²) >= 11 is 0. The second kappa shape index (κ2) is 5.17. The molecule has 1 heterocycles. The molecule has 1 aliphatic carbocycles. The van der Waals surface area contributed by atoms with Crippen LogP contribution in [0.15, 0.2) is 18.3 Å². The van der Waals surface area contributed by atoms with Crippen molar-refractivity contribution in [1.82, 2.24) is 4.98 Å². The molecule has 4 heteroatoms. The van der Waals surface area contributed by atoms with E-state index in [0.29, 0.717) is 18.2 Å². The molecular weight excluding hydrogens is 216 g/mol. The van der Waals surface area contributed by atoms with Gasteiger partial charge in [-0.1, -0.05) is 0 Å². The summed E-state index contributed by atoms with van der Waals surface area (Å²) in [5, 5.41) is 0. The maximum absolute atomic E-state index is 11.5. The quantitative estimate of drug-likeness (QED) is 0.733. The van der Waals surface area contributed by atoms with Crippen molar-refractivity contribution in [3.8, 4) is 0 Å². The molecule has 0 aliphatic heterocycles. The van der Waals surface area contributed by atoms with Crippen LogP contribution in [-0.4, -0.2) is 30.1 Å². The number of carbonyl (C=O) groups excluding carboxylic acids is 1. The normalized spacial score (nSPS) is 14.5. The lowest BCUT2D eigenvalue weighted by molar-refractivity contribution is 0.0526. The largest absolute Gasteiger partial charge is 0.462 e. The smallest absolute Gasteiger partial charge is 0.339 e. The molecule has 1 aliphatic rings. The van der Waals surface area contributed by atoms with Crippen molar-refractivity contribution >= 4 is 11.8 Å². The van der Waals surface area contributed by atoms with E-state index in [-0.39, 0.29) is 5.97 Å². The summed E-state index contributed by atoms with van der Waals surface area (Å²) in [5.41, 5.74) is 0.516. The van der Waals surface area contributed by atoms with Gasteiger partial charge in [-0.25, -0.2) is 9.78 Å². The Balaban J connectivity index is 2.08. The van der Waals surface area contributed by atoms with Crippen LogP contribution in [0.1, 0.15) is 37.0 Å². The highest BCUT2D eigenvalue weighted by Gasteiger charge is 2.28. The SMILES string of the molecule is CCOC(=O)c1ccc(N(CC)C2CC2)nc1. The fourth-order valence-electron chi connectivity index (χ4n) is 1.88. The maximum atomic E-state index is 11.5. The van der Waals surface area contributed by atoms with Crippen LogP contribution in [0.2, 0.25) is 0 Å². The van der Waals surface area contributed by atoms with Gasteiger partial charge in [-0.3, -0.25) is 0 Å². The molecule has 0 saturated heterocycles. The van der Waals surface area contributed by atoms with Crippen molar-refractivity contribution in [1.29, 1.82) is 0 Å². The van der Waals surface area contributed by atoms with Crippen LogP contribution in [0.4, 0.5) is 5.82 Å². The van der Waals surface area contributed by atoms with Crippen molar-refractivity contribution in [2.24, 2.45) is 0 Å². The molecule has 17 heavy (non-hydrogen) atoms. The lowest BCUT2D eigenvalue weighted by atomic mass is 10.3. The fraction of sp³-hybridized carbons (Fsp3) is 0.538. The topological polar surface area (TPSA) is 42.4 Å². The molecule has 0 aromatic carbocycles. The lowest BCUT2D eigenvalue weighted by Crippen LogP contribution is -2.26. The number of hydrogen-bond donors (Lipinski definition) is 0. The molecule has 1 aromatic heterocycles. The molecule has 4 nitrogen and oxygen atoms in total. The molecular formula is C13H18N2O2. The van der Waals surface area contributed by atoms with Crippen LogP contribution in [0.3, 0.4) is 0 Å². The van der Waals surface area contributed by atoms with Gasteiger partial charge >= 0.3 is 5.97 Å². The van der Waals surface area contributed by atoms with E-state index >= 15 is 0 Å². The van der Waals surface area contributed by atoms with Crippen LogP contribution < -0.4 is 4.90 Å². The Hall–Kier alpha value is -1.58. The fourth-order valence-corrected chi connectivity index (χ4v) is 1.88. The highest BCUT2D eigenvalue weighted by Crippen LogP contribution is 2.30. The van der Waals surface area contributed by atoms with E-state index in [4.69, 9.17) is 4.74 Å². The summed E-state index contributed by atoms with van der Waals surface area (Å²) < 4.78 is 4.92. The zero-order chi connectivity index (χ0) is 12.3. The number of rotatable bonds is 5. The van der Waals surface area contributed by atoms with Crippen LogP contribution in [0, 0.1) is 0 Å². The Bertz CT molecular complexity index is 385. The number of aromatic nitrogens is 1. The van der Waals surface area contributed by atoms with Crippen LogP contribution >= 0.6 is 0 Å². The lowest BCUT2D eigenvalue weighted by Gasteiger charge is -2.21. The monoisotopic (exact) mass is 234 g/mol. The first-order chi connectivity index (χ1) is 8.26. The third-order valence-corrected chi connectivity index (χ3v) is 2.88. The van der Waals surface area contributed by atoms with Gasteiger partial charge in [0.1, 0.15) is 5.82 Å². The molecule has 0 radical (unpaired) electrons. The minimum atomic E-state index is -0.305. The van der Waals surface area contributed by atoms with Crippen molar-refractivity contribution in [3.63, 3.8) is 0 Å². The highest BCUT2D eigenvalue weighted by molar-refractivity contribution is 5.89. The molecule has 1 aromatic rings. The third kappa shape index (κ3) is 2.75. The summed E-state index contributed by atoms with van der Waals surface area (Å²) in [6, 6.07) is 4.32. The predicted octanol–water partition coefficient (Wildman–Crippen LogP) is 2.25. The minimum absolute atomic E-state index is 0.305. The van der Waals surface area contributed by atoms with Crippen LogP contribution in [0.25, 0.3) is 0 Å². The zero-order valence-electron chi connectivity index (χ0n) is 10.3. The Morgan fingerprint density at radius 3 is 2.71 bits per heavy atom. The molecule has 0 unspecified atom stereocenters. The number of esters is 1. The van der Waals surface area contributed by atoms with Gasteiger partial charge in [-0.15, -0.1) is 0 Å². The van der Waals surface area contributed by atoms with Crippen molar-refractivity contribution in [2.45, 2.75) is 32.7 Å². The summed E-state index contributed by atoms with van der Waals surface area (Å²) in [4.78, 5) is 18.1. The van der Waals surface area contributed by atoms with Gasteiger partial charge in [0.15, 0.2) is 0 Å². The molecule has 0 spiro atoms. The first-order valence-corrected chi connectivity index (χ1v) is 6.16. The number of pyridine rings is 1. The van der Waals surface area contributed by atoms with Crippen LogP contribution in [-0.2, 0) is 4.74 Å². The molecule has 2 rings (SSSR count). The molecule has 1 saturated carbocycles. The summed E-state index contributed by atoms with van der Waals surface area (Å²) in [6.07, 6.45) is 4.09. The number of ether oxygens (including phenoxy) is 1. The second-order valence-electron chi connectivity index (χ2n) is 4.14. The van der Waals surface area contributed by atoms with E-state index in [0.717, 1.165) is 12.4 Å². The van der Waals surface area contributed by atoms with Gasteiger partial charge in [0.2, 0.25) is 0 Å². The summed E-state index contributed by atoms with van der Waals surface area (Å²) in [5.74, 6) is 0.643. The molecule has 0 bridgehead atoms. The number of hydrogen-bond acceptors (Lipinski definition) is 4. The van der Waals surface area contributed by atoms with Gasteiger partial charge < -0.3 is 9.64 Å². The Morgan fingerprint density at radius 2 is 2.24 bits per heavy atom. The van der Waals surface area contributed by atoms with Crippen molar-refractivity contribution < 1.29 is 9.53 Å². The van der Waals surface area contributed by atoms with E-state index in [2.05, 4.69) is 16.8 Å². The van der Waals surface area contributed by atoms with Gasteiger partial charge in [0.25, 0.3) is 0 Å². The van der Waals surface area contributed by atoms with Gasteiger partial charge in [-0.05, 0) is 38.8 Å². The Morgan fingerprint density at radius 1 is 1.47 bits per heavy atom. The second-order valence-corrected chi connectivity index (χ2v) is 4.14. The summed E-state index contributed by atoms with van der Waals surface area (Å²) in [6.45, 7) is 5.27. The molecule has 0 atom stereocenters. The average molecular weight is 234 g/mol. The molecule has 1 fully saturated rings. The standard InChI is InChI=1S/C13H18N2O2/c1-3-15(11-6-7-11)12-8-5-10(9-14-12)13(16)17-4-2/h5,8-9,11H,3-4,6-7H2,1-2H3. The Kier molecular flexibility index (Phi) is 3.61. The molecule has 92 valence electrons. The van der Waals surface area contributed by atoms with Crippen molar-refractivity contribution in [3.05, 3.63) is 23.9 Å². The first-order valence-electron chi connectivity index (χ1n) is 6.16. The number of anilines is 1. The van der Waals surface area contributed by atoms with E-state index in [1.165, 1.54) is 12.8 Å². The average Bonchev–Trinajstić information content (AvgIpc) is 3.16. The van der Waals surface area contributed by atoms with E-state index in [1.54, 1.807) is 19.2 Å². The maximum Gasteiger partial charge on any atom is 0.339 e. The summed E-state index contributed by atoms with van der Waals surface area (Å²) in [7, 11) is 0.